The molecule has 1 aliphatic heterocycles. The Labute approximate surface area is 108 Å². The average molecular weight is 251 g/mol. The van der Waals surface area contributed by atoms with E-state index in [-0.39, 0.29) is 19.3 Å². The molecule has 0 amide bonds. The minimum atomic E-state index is -0.645. The van der Waals surface area contributed by atoms with Crippen molar-refractivity contribution < 1.29 is 14.9 Å². The maximum atomic E-state index is 9.21. The van der Waals surface area contributed by atoms with Crippen molar-refractivity contribution in [3.8, 4) is 5.75 Å². The molecule has 0 spiro atoms. The molecule has 0 saturated heterocycles. The molecular formula is C14H21NO3. The molecule has 0 saturated carbocycles. The molecule has 1 heterocycles. The molecule has 2 rings (SSSR count). The molecule has 4 heteroatoms. The summed E-state index contributed by atoms with van der Waals surface area (Å²) in [5, 5.41) is 21.6. The minimum Gasteiger partial charge on any atom is -0.488 e. The number of aryl methyl sites for hydroxylation is 1. The third-order valence-electron chi connectivity index (χ3n) is 3.41. The van der Waals surface area contributed by atoms with E-state index in [0.717, 1.165) is 12.2 Å². The van der Waals surface area contributed by atoms with Gasteiger partial charge in [0, 0.05) is 13.0 Å². The highest BCUT2D eigenvalue weighted by atomic mass is 16.5. The van der Waals surface area contributed by atoms with Crippen LogP contribution in [0.2, 0.25) is 0 Å². The highest BCUT2D eigenvalue weighted by molar-refractivity contribution is 5.40. The molecule has 0 aromatic heterocycles. The first kappa shape index (κ1) is 13.3. The number of ether oxygens (including phenoxy) is 1. The number of hydrogen-bond donors (Lipinski definition) is 3. The summed E-state index contributed by atoms with van der Waals surface area (Å²) in [7, 11) is 0. The summed E-state index contributed by atoms with van der Waals surface area (Å²) < 4.78 is 5.82. The number of hydrogen-bond acceptors (Lipinski definition) is 4. The van der Waals surface area contributed by atoms with Crippen LogP contribution in [0.5, 0.6) is 5.75 Å². The van der Waals surface area contributed by atoms with Crippen LogP contribution < -0.4 is 10.1 Å². The van der Waals surface area contributed by atoms with E-state index in [4.69, 9.17) is 4.74 Å². The van der Waals surface area contributed by atoms with Crippen LogP contribution in [0, 0.1) is 6.92 Å². The van der Waals surface area contributed by atoms with Gasteiger partial charge in [-0.05, 0) is 25.5 Å². The molecule has 1 aromatic rings. The lowest BCUT2D eigenvalue weighted by Gasteiger charge is -2.27. The molecule has 1 aromatic carbocycles. The lowest BCUT2D eigenvalue weighted by molar-refractivity contribution is 0.0928. The van der Waals surface area contributed by atoms with E-state index in [1.54, 1.807) is 6.92 Å². The van der Waals surface area contributed by atoms with Crippen LogP contribution in [0.4, 0.5) is 0 Å². The standard InChI is InChI=1S/C14H21NO3/c1-10-3-4-13-11(5-10)6-12(18-13)7-15-14(2,8-16)9-17/h3-5,12,15-17H,6-9H2,1-2H3. The van der Waals surface area contributed by atoms with Crippen LogP contribution in [0.15, 0.2) is 18.2 Å². The van der Waals surface area contributed by atoms with Crippen molar-refractivity contribution in [1.29, 1.82) is 0 Å². The van der Waals surface area contributed by atoms with Crippen LogP contribution in [0.3, 0.4) is 0 Å². The largest absolute Gasteiger partial charge is 0.488 e. The second kappa shape index (κ2) is 5.26. The molecule has 1 unspecified atom stereocenters. The van der Waals surface area contributed by atoms with Gasteiger partial charge in [-0.2, -0.15) is 0 Å². The van der Waals surface area contributed by atoms with Gasteiger partial charge in [0.2, 0.25) is 0 Å². The number of nitrogens with one attached hydrogen (secondary N) is 1. The quantitative estimate of drug-likeness (QED) is 0.718. The Bertz CT molecular complexity index is 416. The predicted octanol–water partition coefficient (Wildman–Crippen LogP) is 0.631. The highest BCUT2D eigenvalue weighted by Crippen LogP contribution is 2.29. The maximum Gasteiger partial charge on any atom is 0.123 e. The van der Waals surface area contributed by atoms with E-state index in [0.29, 0.717) is 6.54 Å². The van der Waals surface area contributed by atoms with E-state index < -0.39 is 5.54 Å². The number of benzene rings is 1. The van der Waals surface area contributed by atoms with Crippen molar-refractivity contribution in [2.75, 3.05) is 19.8 Å². The van der Waals surface area contributed by atoms with Crippen molar-refractivity contribution >= 4 is 0 Å². The normalized spacial score (nSPS) is 18.6. The molecule has 100 valence electrons. The van der Waals surface area contributed by atoms with Crippen LogP contribution in [-0.2, 0) is 6.42 Å². The van der Waals surface area contributed by atoms with Gasteiger partial charge in [-0.15, -0.1) is 0 Å². The topological polar surface area (TPSA) is 61.7 Å². The number of aliphatic hydroxyl groups is 2. The first-order valence-corrected chi connectivity index (χ1v) is 6.29. The molecule has 1 aliphatic rings. The summed E-state index contributed by atoms with van der Waals surface area (Å²) in [4.78, 5) is 0. The lowest BCUT2D eigenvalue weighted by Crippen LogP contribution is -2.52. The number of fused-ring (bicyclic) bond motifs is 1. The highest BCUT2D eigenvalue weighted by Gasteiger charge is 2.27. The van der Waals surface area contributed by atoms with Crippen LogP contribution in [0.25, 0.3) is 0 Å². The molecule has 1 atom stereocenters. The summed E-state index contributed by atoms with van der Waals surface area (Å²) in [6.45, 7) is 4.29. The van der Waals surface area contributed by atoms with Crippen molar-refractivity contribution in [3.63, 3.8) is 0 Å². The van der Waals surface area contributed by atoms with Gasteiger partial charge >= 0.3 is 0 Å². The van der Waals surface area contributed by atoms with Gasteiger partial charge in [0.25, 0.3) is 0 Å². The fourth-order valence-electron chi connectivity index (χ4n) is 2.09. The first-order chi connectivity index (χ1) is 8.56. The predicted molar refractivity (Wildman–Crippen MR) is 69.9 cm³/mol. The van der Waals surface area contributed by atoms with E-state index in [9.17, 15) is 10.2 Å². The van der Waals surface area contributed by atoms with E-state index in [1.165, 1.54) is 11.1 Å². The second-order valence-corrected chi connectivity index (χ2v) is 5.31. The Hall–Kier alpha value is -1.10. The van der Waals surface area contributed by atoms with Crippen LogP contribution >= 0.6 is 0 Å². The molecule has 0 fully saturated rings. The summed E-state index contributed by atoms with van der Waals surface area (Å²) >= 11 is 0. The monoisotopic (exact) mass is 251 g/mol. The summed E-state index contributed by atoms with van der Waals surface area (Å²) in [5.41, 5.74) is 1.83. The summed E-state index contributed by atoms with van der Waals surface area (Å²) in [6, 6.07) is 6.19. The smallest absolute Gasteiger partial charge is 0.123 e. The maximum absolute atomic E-state index is 9.21. The van der Waals surface area contributed by atoms with Gasteiger partial charge in [0.1, 0.15) is 11.9 Å². The molecule has 0 radical (unpaired) electrons. The summed E-state index contributed by atoms with van der Waals surface area (Å²) in [6.07, 6.45) is 0.941. The lowest BCUT2D eigenvalue weighted by atomic mass is 10.0. The second-order valence-electron chi connectivity index (χ2n) is 5.31. The third-order valence-corrected chi connectivity index (χ3v) is 3.41. The number of rotatable bonds is 5. The van der Waals surface area contributed by atoms with Gasteiger partial charge in [-0.1, -0.05) is 17.7 Å². The van der Waals surface area contributed by atoms with Gasteiger partial charge in [-0.25, -0.2) is 0 Å². The van der Waals surface area contributed by atoms with E-state index in [1.807, 2.05) is 12.1 Å². The van der Waals surface area contributed by atoms with Gasteiger partial charge < -0.3 is 20.3 Å². The van der Waals surface area contributed by atoms with Crippen molar-refractivity contribution in [2.45, 2.75) is 31.9 Å². The fourth-order valence-corrected chi connectivity index (χ4v) is 2.09. The Morgan fingerprint density at radius 3 is 2.78 bits per heavy atom. The molecular weight excluding hydrogens is 230 g/mol. The Kier molecular flexibility index (Phi) is 3.90. The van der Waals surface area contributed by atoms with E-state index >= 15 is 0 Å². The molecule has 18 heavy (non-hydrogen) atoms. The van der Waals surface area contributed by atoms with Crippen molar-refractivity contribution in [1.82, 2.24) is 5.32 Å². The SMILES string of the molecule is Cc1ccc2c(c1)CC(CNC(C)(CO)CO)O2. The van der Waals surface area contributed by atoms with Crippen LogP contribution in [0.1, 0.15) is 18.1 Å². The number of aliphatic hydroxyl groups excluding tert-OH is 2. The molecule has 0 bridgehead atoms. The fraction of sp³-hybridized carbons (Fsp3) is 0.571. The van der Waals surface area contributed by atoms with E-state index in [2.05, 4.69) is 18.3 Å². The van der Waals surface area contributed by atoms with Gasteiger partial charge in [0.05, 0.1) is 18.8 Å². The van der Waals surface area contributed by atoms with Gasteiger partial charge in [0.15, 0.2) is 0 Å². The van der Waals surface area contributed by atoms with Gasteiger partial charge in [-0.3, -0.25) is 0 Å². The Morgan fingerprint density at radius 2 is 2.11 bits per heavy atom. The molecule has 3 N–H and O–H groups in total. The van der Waals surface area contributed by atoms with Crippen molar-refractivity contribution in [3.05, 3.63) is 29.3 Å². The average Bonchev–Trinajstić information content (AvgIpc) is 2.78. The first-order valence-electron chi connectivity index (χ1n) is 6.29. The molecule has 4 nitrogen and oxygen atoms in total. The third kappa shape index (κ3) is 2.83. The zero-order valence-corrected chi connectivity index (χ0v) is 10.9. The summed E-state index contributed by atoms with van der Waals surface area (Å²) in [5.74, 6) is 0.946. The van der Waals surface area contributed by atoms with Crippen LogP contribution in [-0.4, -0.2) is 41.6 Å². The Balaban J connectivity index is 1.92. The van der Waals surface area contributed by atoms with Crippen molar-refractivity contribution in [2.24, 2.45) is 0 Å². The minimum absolute atomic E-state index is 0.0687. The molecule has 0 aliphatic carbocycles. The zero-order chi connectivity index (χ0) is 13.2. The Morgan fingerprint density at radius 1 is 1.39 bits per heavy atom. The zero-order valence-electron chi connectivity index (χ0n) is 10.9.